The van der Waals surface area contributed by atoms with Crippen LogP contribution in [-0.2, 0) is 15.8 Å². The molecule has 0 bridgehead atoms. The molecule has 0 aliphatic heterocycles. The summed E-state index contributed by atoms with van der Waals surface area (Å²) >= 11 is 1.56. The van der Waals surface area contributed by atoms with E-state index in [1.165, 1.54) is 5.56 Å². The number of halogens is 2. The van der Waals surface area contributed by atoms with Crippen molar-refractivity contribution in [2.75, 3.05) is 12.3 Å². The van der Waals surface area contributed by atoms with Gasteiger partial charge in [0.05, 0.1) is 0 Å². The van der Waals surface area contributed by atoms with Gasteiger partial charge in [0.15, 0.2) is 0 Å². The van der Waals surface area contributed by atoms with Crippen molar-refractivity contribution in [1.82, 2.24) is 4.72 Å². The van der Waals surface area contributed by atoms with Crippen LogP contribution in [0.1, 0.15) is 11.1 Å². The molecule has 0 saturated heterocycles. The molecule has 3 nitrogen and oxygen atoms in total. The molecule has 0 fully saturated rings. The van der Waals surface area contributed by atoms with Gasteiger partial charge in [0.2, 0.25) is 10.0 Å². The van der Waals surface area contributed by atoms with Crippen molar-refractivity contribution in [3.8, 4) is 0 Å². The van der Waals surface area contributed by atoms with Gasteiger partial charge in [-0.3, -0.25) is 0 Å². The molecule has 2 aromatic rings. The fourth-order valence-corrected chi connectivity index (χ4v) is 3.95. The molecule has 7 heteroatoms. The second-order valence-electron chi connectivity index (χ2n) is 5.01. The van der Waals surface area contributed by atoms with Crippen molar-refractivity contribution in [1.29, 1.82) is 0 Å². The summed E-state index contributed by atoms with van der Waals surface area (Å²) in [6.07, 6.45) is 0. The quantitative estimate of drug-likeness (QED) is 0.772. The number of aryl methyl sites for hydroxylation is 1. The minimum atomic E-state index is -4.04. The Kier molecular flexibility index (Phi) is 6.15. The van der Waals surface area contributed by atoms with Gasteiger partial charge in [-0.15, -0.1) is 0 Å². The van der Waals surface area contributed by atoms with E-state index >= 15 is 0 Å². The number of nitrogens with one attached hydrogen (secondary N) is 1. The van der Waals surface area contributed by atoms with E-state index in [1.807, 2.05) is 31.2 Å². The Balaban J connectivity index is 1.83. The van der Waals surface area contributed by atoms with Crippen molar-refractivity contribution in [2.24, 2.45) is 0 Å². The molecule has 2 rings (SSSR count). The number of rotatable bonds is 7. The van der Waals surface area contributed by atoms with Crippen LogP contribution in [0.3, 0.4) is 0 Å². The number of hydrogen-bond donors (Lipinski definition) is 1. The molecule has 0 atom stereocenters. The van der Waals surface area contributed by atoms with Crippen LogP contribution < -0.4 is 4.72 Å². The molecule has 0 saturated carbocycles. The van der Waals surface area contributed by atoms with Gasteiger partial charge < -0.3 is 0 Å². The van der Waals surface area contributed by atoms with Gasteiger partial charge in [-0.1, -0.05) is 29.8 Å². The molecule has 0 aliphatic rings. The minimum absolute atomic E-state index is 0.148. The van der Waals surface area contributed by atoms with Crippen LogP contribution in [0, 0.1) is 18.6 Å². The van der Waals surface area contributed by atoms with Gasteiger partial charge in [-0.2, -0.15) is 11.8 Å². The van der Waals surface area contributed by atoms with E-state index < -0.39 is 26.6 Å². The zero-order valence-corrected chi connectivity index (χ0v) is 14.2. The van der Waals surface area contributed by atoms with Crippen LogP contribution in [0.15, 0.2) is 47.4 Å². The van der Waals surface area contributed by atoms with Crippen molar-refractivity contribution >= 4 is 21.8 Å². The maximum Gasteiger partial charge on any atom is 0.243 e. The number of hydrogen-bond acceptors (Lipinski definition) is 3. The second-order valence-corrected chi connectivity index (χ2v) is 7.85. The highest BCUT2D eigenvalue weighted by Gasteiger charge is 2.19. The van der Waals surface area contributed by atoms with Crippen LogP contribution in [-0.4, -0.2) is 20.7 Å². The van der Waals surface area contributed by atoms with E-state index in [4.69, 9.17) is 0 Å². The molecule has 0 amide bonds. The maximum absolute atomic E-state index is 13.5. The van der Waals surface area contributed by atoms with Gasteiger partial charge in [0.25, 0.3) is 0 Å². The molecule has 2 aromatic carbocycles. The predicted octanol–water partition coefficient (Wildman–Crippen LogP) is 3.48. The van der Waals surface area contributed by atoms with E-state index in [1.54, 1.807) is 11.8 Å². The fraction of sp³-hybridized carbons (Fsp3) is 0.250. The zero-order chi connectivity index (χ0) is 16.9. The van der Waals surface area contributed by atoms with Gasteiger partial charge >= 0.3 is 0 Å². The van der Waals surface area contributed by atoms with E-state index in [2.05, 4.69) is 4.72 Å². The van der Waals surface area contributed by atoms with E-state index in [0.717, 1.165) is 23.4 Å². The summed E-state index contributed by atoms with van der Waals surface area (Å²) in [5, 5.41) is 0. The Morgan fingerprint density at radius 3 is 2.48 bits per heavy atom. The fourth-order valence-electron chi connectivity index (χ4n) is 1.88. The SMILES string of the molecule is Cc1ccc(CSCCNS(=O)(=O)c2cc(F)ccc2F)cc1. The normalized spacial score (nSPS) is 11.6. The average Bonchev–Trinajstić information content (AvgIpc) is 2.51. The Bertz CT molecular complexity index is 762. The minimum Gasteiger partial charge on any atom is -0.210 e. The van der Waals surface area contributed by atoms with Gasteiger partial charge in [0, 0.05) is 18.1 Å². The monoisotopic (exact) mass is 357 g/mol. The third-order valence-corrected chi connectivity index (χ3v) is 5.62. The number of benzene rings is 2. The third kappa shape index (κ3) is 5.30. The standard InChI is InChI=1S/C16H17F2NO2S2/c1-12-2-4-13(5-3-12)11-22-9-8-19-23(20,21)16-10-14(17)6-7-15(16)18/h2-7,10,19H,8-9,11H2,1H3. The van der Waals surface area contributed by atoms with Crippen LogP contribution in [0.4, 0.5) is 8.78 Å². The highest BCUT2D eigenvalue weighted by molar-refractivity contribution is 7.98. The lowest BCUT2D eigenvalue weighted by Crippen LogP contribution is -2.27. The van der Waals surface area contributed by atoms with Gasteiger partial charge in [-0.05, 0) is 30.7 Å². The first-order valence-electron chi connectivity index (χ1n) is 6.96. The van der Waals surface area contributed by atoms with Crippen LogP contribution in [0.5, 0.6) is 0 Å². The smallest absolute Gasteiger partial charge is 0.210 e. The maximum atomic E-state index is 13.5. The summed E-state index contributed by atoms with van der Waals surface area (Å²) in [4.78, 5) is -0.666. The molecule has 23 heavy (non-hydrogen) atoms. The van der Waals surface area contributed by atoms with E-state index in [9.17, 15) is 17.2 Å². The molecule has 0 spiro atoms. The Morgan fingerprint density at radius 2 is 1.78 bits per heavy atom. The second kappa shape index (κ2) is 7.90. The molecule has 124 valence electrons. The summed E-state index contributed by atoms with van der Waals surface area (Å²) in [5.41, 5.74) is 2.34. The molecular formula is C16H17F2NO2S2. The molecule has 1 N–H and O–H groups in total. The first kappa shape index (κ1) is 17.9. The summed E-state index contributed by atoms with van der Waals surface area (Å²) in [7, 11) is -4.04. The van der Waals surface area contributed by atoms with Gasteiger partial charge in [-0.25, -0.2) is 21.9 Å². The summed E-state index contributed by atoms with van der Waals surface area (Å²) in [6, 6.07) is 10.4. The topological polar surface area (TPSA) is 46.2 Å². The summed E-state index contributed by atoms with van der Waals surface area (Å²) < 4.78 is 52.8. The summed E-state index contributed by atoms with van der Waals surface area (Å²) in [5.74, 6) is -0.466. The van der Waals surface area contributed by atoms with Crippen LogP contribution in [0.25, 0.3) is 0 Å². The predicted molar refractivity (Wildman–Crippen MR) is 88.9 cm³/mol. The Labute approximate surface area is 139 Å². The first-order valence-corrected chi connectivity index (χ1v) is 9.60. The van der Waals surface area contributed by atoms with Crippen molar-refractivity contribution in [2.45, 2.75) is 17.6 Å². The summed E-state index contributed by atoms with van der Waals surface area (Å²) in [6.45, 7) is 2.16. The number of thioether (sulfide) groups is 1. The van der Waals surface area contributed by atoms with Crippen molar-refractivity contribution in [3.63, 3.8) is 0 Å². The van der Waals surface area contributed by atoms with E-state index in [0.29, 0.717) is 11.8 Å². The molecule has 0 unspecified atom stereocenters. The van der Waals surface area contributed by atoms with Crippen molar-refractivity contribution < 1.29 is 17.2 Å². The van der Waals surface area contributed by atoms with Crippen molar-refractivity contribution in [3.05, 3.63) is 65.2 Å². The van der Waals surface area contributed by atoms with Gasteiger partial charge in [0.1, 0.15) is 16.5 Å². The lowest BCUT2D eigenvalue weighted by molar-refractivity contribution is 0.547. The molecule has 0 aromatic heterocycles. The zero-order valence-electron chi connectivity index (χ0n) is 12.6. The Hall–Kier alpha value is -1.44. The lowest BCUT2D eigenvalue weighted by atomic mass is 10.2. The third-order valence-electron chi connectivity index (χ3n) is 3.11. The lowest BCUT2D eigenvalue weighted by Gasteiger charge is -2.08. The van der Waals surface area contributed by atoms with Crippen LogP contribution >= 0.6 is 11.8 Å². The molecule has 0 aliphatic carbocycles. The van der Waals surface area contributed by atoms with E-state index in [-0.39, 0.29) is 6.54 Å². The molecular weight excluding hydrogens is 340 g/mol. The molecule has 0 heterocycles. The Morgan fingerprint density at radius 1 is 1.09 bits per heavy atom. The first-order chi connectivity index (χ1) is 10.9. The van der Waals surface area contributed by atoms with Crippen LogP contribution in [0.2, 0.25) is 0 Å². The highest BCUT2D eigenvalue weighted by atomic mass is 32.2. The number of sulfonamides is 1. The average molecular weight is 357 g/mol. The largest absolute Gasteiger partial charge is 0.243 e. The highest BCUT2D eigenvalue weighted by Crippen LogP contribution is 2.16. The molecule has 0 radical (unpaired) electrons.